The molecule has 2 aromatic rings. The van der Waals surface area contributed by atoms with Crippen LogP contribution in [0, 0.1) is 6.92 Å². The lowest BCUT2D eigenvalue weighted by molar-refractivity contribution is 0.487. The third kappa shape index (κ3) is 1.69. The van der Waals surface area contributed by atoms with Crippen molar-refractivity contribution in [2.24, 2.45) is 5.73 Å². The van der Waals surface area contributed by atoms with Gasteiger partial charge in [-0.25, -0.2) is 4.98 Å². The third-order valence-electron chi connectivity index (χ3n) is 1.96. The standard InChI is InChI=1S/C9H11N3OS/c1-6-11-9(14-12-6)7(5-10)8-3-2-4-13-8/h2-4,7H,5,10H2,1H3. The molecule has 0 aliphatic rings. The summed E-state index contributed by atoms with van der Waals surface area (Å²) in [7, 11) is 0. The van der Waals surface area contributed by atoms with Crippen LogP contribution in [-0.2, 0) is 0 Å². The second kappa shape index (κ2) is 3.89. The number of aryl methyl sites for hydroxylation is 1. The molecule has 0 saturated carbocycles. The quantitative estimate of drug-likeness (QED) is 0.832. The van der Waals surface area contributed by atoms with E-state index in [4.69, 9.17) is 10.2 Å². The molecule has 1 atom stereocenters. The Morgan fingerprint density at radius 1 is 1.64 bits per heavy atom. The van der Waals surface area contributed by atoms with Gasteiger partial charge in [-0.1, -0.05) is 0 Å². The van der Waals surface area contributed by atoms with Crippen LogP contribution in [0.5, 0.6) is 0 Å². The summed E-state index contributed by atoms with van der Waals surface area (Å²) >= 11 is 1.38. The number of nitrogens with two attached hydrogens (primary N) is 1. The van der Waals surface area contributed by atoms with Gasteiger partial charge in [0, 0.05) is 6.54 Å². The molecule has 0 fully saturated rings. The molecule has 0 aliphatic heterocycles. The van der Waals surface area contributed by atoms with E-state index in [-0.39, 0.29) is 5.92 Å². The molecule has 0 aromatic carbocycles. The van der Waals surface area contributed by atoms with Crippen molar-refractivity contribution in [1.82, 2.24) is 9.36 Å². The van der Waals surface area contributed by atoms with Crippen LogP contribution in [0.25, 0.3) is 0 Å². The van der Waals surface area contributed by atoms with Gasteiger partial charge in [0.1, 0.15) is 16.6 Å². The predicted octanol–water partition coefficient (Wildman–Crippen LogP) is 1.53. The van der Waals surface area contributed by atoms with Gasteiger partial charge in [0.2, 0.25) is 0 Å². The molecule has 4 nitrogen and oxygen atoms in total. The van der Waals surface area contributed by atoms with Crippen LogP contribution >= 0.6 is 11.5 Å². The Bertz CT molecular complexity index is 396. The zero-order valence-corrected chi connectivity index (χ0v) is 8.62. The van der Waals surface area contributed by atoms with Crippen molar-refractivity contribution < 1.29 is 4.42 Å². The molecule has 2 heterocycles. The maximum Gasteiger partial charge on any atom is 0.139 e. The predicted molar refractivity (Wildman–Crippen MR) is 54.3 cm³/mol. The molecule has 0 bridgehead atoms. The highest BCUT2D eigenvalue weighted by Gasteiger charge is 2.18. The van der Waals surface area contributed by atoms with E-state index in [2.05, 4.69) is 9.36 Å². The average molecular weight is 209 g/mol. The van der Waals surface area contributed by atoms with Crippen LogP contribution in [0.2, 0.25) is 0 Å². The zero-order valence-electron chi connectivity index (χ0n) is 7.80. The highest BCUT2D eigenvalue weighted by molar-refractivity contribution is 7.05. The first kappa shape index (κ1) is 9.36. The Morgan fingerprint density at radius 2 is 2.50 bits per heavy atom. The van der Waals surface area contributed by atoms with Gasteiger partial charge in [0.25, 0.3) is 0 Å². The lowest BCUT2D eigenvalue weighted by Gasteiger charge is -2.06. The topological polar surface area (TPSA) is 64.9 Å². The SMILES string of the molecule is Cc1nsc(C(CN)c2ccco2)n1. The third-order valence-corrected chi connectivity index (χ3v) is 2.88. The van der Waals surface area contributed by atoms with Gasteiger partial charge >= 0.3 is 0 Å². The van der Waals surface area contributed by atoms with Crippen molar-refractivity contribution in [3.05, 3.63) is 35.0 Å². The summed E-state index contributed by atoms with van der Waals surface area (Å²) in [4.78, 5) is 4.31. The Morgan fingerprint density at radius 3 is 3.00 bits per heavy atom. The molecule has 0 saturated heterocycles. The number of hydrogen-bond acceptors (Lipinski definition) is 5. The van der Waals surface area contributed by atoms with Gasteiger partial charge in [-0.2, -0.15) is 4.37 Å². The molecular weight excluding hydrogens is 198 g/mol. The van der Waals surface area contributed by atoms with E-state index in [1.54, 1.807) is 6.26 Å². The second-order valence-electron chi connectivity index (χ2n) is 2.98. The zero-order chi connectivity index (χ0) is 9.97. The van der Waals surface area contributed by atoms with E-state index in [0.29, 0.717) is 6.54 Å². The van der Waals surface area contributed by atoms with Crippen molar-refractivity contribution >= 4 is 11.5 Å². The van der Waals surface area contributed by atoms with Gasteiger partial charge in [-0.3, -0.25) is 0 Å². The summed E-state index contributed by atoms with van der Waals surface area (Å²) in [6.07, 6.45) is 1.64. The average Bonchev–Trinajstić information content (AvgIpc) is 2.79. The fraction of sp³-hybridized carbons (Fsp3) is 0.333. The molecule has 0 radical (unpaired) electrons. The van der Waals surface area contributed by atoms with Gasteiger partial charge in [-0.15, -0.1) is 0 Å². The molecule has 0 amide bonds. The number of hydrogen-bond donors (Lipinski definition) is 1. The molecule has 0 spiro atoms. The summed E-state index contributed by atoms with van der Waals surface area (Å²) in [5, 5.41) is 0.917. The summed E-state index contributed by atoms with van der Waals surface area (Å²) in [5.41, 5.74) is 5.68. The van der Waals surface area contributed by atoms with E-state index >= 15 is 0 Å². The minimum absolute atomic E-state index is 0.0381. The summed E-state index contributed by atoms with van der Waals surface area (Å²) < 4.78 is 9.44. The van der Waals surface area contributed by atoms with Gasteiger partial charge < -0.3 is 10.2 Å². The maximum atomic E-state index is 5.68. The summed E-state index contributed by atoms with van der Waals surface area (Å²) in [6.45, 7) is 2.36. The largest absolute Gasteiger partial charge is 0.469 e. The molecule has 1 unspecified atom stereocenters. The van der Waals surface area contributed by atoms with Gasteiger partial charge in [0.15, 0.2) is 0 Å². The molecule has 0 aliphatic carbocycles. The van der Waals surface area contributed by atoms with Crippen molar-refractivity contribution in [2.45, 2.75) is 12.8 Å². The Balaban J connectivity index is 2.31. The Kier molecular flexibility index (Phi) is 2.60. The molecule has 2 aromatic heterocycles. The number of aromatic nitrogens is 2. The van der Waals surface area contributed by atoms with E-state index < -0.39 is 0 Å². The highest BCUT2D eigenvalue weighted by Crippen LogP contribution is 2.24. The first-order valence-electron chi connectivity index (χ1n) is 4.35. The molecular formula is C9H11N3OS. The van der Waals surface area contributed by atoms with Crippen LogP contribution in [0.15, 0.2) is 22.8 Å². The fourth-order valence-electron chi connectivity index (χ4n) is 1.28. The minimum Gasteiger partial charge on any atom is -0.469 e. The van der Waals surface area contributed by atoms with Gasteiger partial charge in [-0.05, 0) is 30.6 Å². The Hall–Kier alpha value is -1.20. The summed E-state index contributed by atoms with van der Waals surface area (Å²) in [5.74, 6) is 1.68. The van der Waals surface area contributed by atoms with E-state index in [0.717, 1.165) is 16.6 Å². The number of nitrogens with zero attached hydrogens (tertiary/aromatic N) is 2. The lowest BCUT2D eigenvalue weighted by atomic mass is 10.1. The monoisotopic (exact) mass is 209 g/mol. The smallest absolute Gasteiger partial charge is 0.139 e. The Labute approximate surface area is 85.9 Å². The minimum atomic E-state index is 0.0381. The molecule has 74 valence electrons. The van der Waals surface area contributed by atoms with Crippen molar-refractivity contribution in [3.63, 3.8) is 0 Å². The first-order chi connectivity index (χ1) is 6.81. The number of furan rings is 1. The van der Waals surface area contributed by atoms with E-state index in [1.165, 1.54) is 11.5 Å². The molecule has 2 N–H and O–H groups in total. The second-order valence-corrected chi connectivity index (χ2v) is 3.77. The van der Waals surface area contributed by atoms with E-state index in [1.807, 2.05) is 19.1 Å². The highest BCUT2D eigenvalue weighted by atomic mass is 32.1. The fourth-order valence-corrected chi connectivity index (χ4v) is 2.06. The number of rotatable bonds is 3. The lowest BCUT2D eigenvalue weighted by Crippen LogP contribution is -2.12. The normalized spacial score (nSPS) is 13.0. The maximum absolute atomic E-state index is 5.68. The van der Waals surface area contributed by atoms with Crippen molar-refractivity contribution in [1.29, 1.82) is 0 Å². The molecule has 5 heteroatoms. The van der Waals surface area contributed by atoms with Crippen LogP contribution in [0.3, 0.4) is 0 Å². The van der Waals surface area contributed by atoms with Crippen molar-refractivity contribution in [3.8, 4) is 0 Å². The molecule has 2 rings (SSSR count). The first-order valence-corrected chi connectivity index (χ1v) is 5.12. The van der Waals surface area contributed by atoms with Crippen LogP contribution < -0.4 is 5.73 Å². The molecule has 14 heavy (non-hydrogen) atoms. The van der Waals surface area contributed by atoms with Crippen LogP contribution in [-0.4, -0.2) is 15.9 Å². The summed E-state index contributed by atoms with van der Waals surface area (Å²) in [6, 6.07) is 3.76. The van der Waals surface area contributed by atoms with E-state index in [9.17, 15) is 0 Å². The van der Waals surface area contributed by atoms with Crippen LogP contribution in [0.1, 0.15) is 22.5 Å². The van der Waals surface area contributed by atoms with Gasteiger partial charge in [0.05, 0.1) is 12.2 Å². The van der Waals surface area contributed by atoms with Crippen LogP contribution in [0.4, 0.5) is 0 Å². The van der Waals surface area contributed by atoms with Crippen molar-refractivity contribution in [2.75, 3.05) is 6.54 Å².